The minimum atomic E-state index is 0.603. The number of aryl methyl sites for hydroxylation is 2. The van der Waals surface area contributed by atoms with Crippen LogP contribution in [0.15, 0.2) is 35.3 Å². The number of likely N-dealkylation sites (tertiary alicyclic amines) is 1. The van der Waals surface area contributed by atoms with Crippen molar-refractivity contribution in [1.82, 2.24) is 25.0 Å². The summed E-state index contributed by atoms with van der Waals surface area (Å²) in [6.07, 6.45) is 8.05. The monoisotopic (exact) mass is 394 g/mol. The van der Waals surface area contributed by atoms with Crippen LogP contribution in [0, 0.1) is 0 Å². The van der Waals surface area contributed by atoms with Crippen molar-refractivity contribution in [3.8, 4) is 0 Å². The molecule has 1 fully saturated rings. The molecule has 1 saturated heterocycles. The van der Waals surface area contributed by atoms with Gasteiger partial charge in [-0.3, -0.25) is 4.99 Å². The first-order valence-corrected chi connectivity index (χ1v) is 11.3. The lowest BCUT2D eigenvalue weighted by atomic mass is 9.99. The third kappa shape index (κ3) is 4.98. The molecule has 2 aromatic rings. The molecular weight excluding hydrogens is 360 g/mol. The second-order valence-electron chi connectivity index (χ2n) is 8.18. The fourth-order valence-electron chi connectivity index (χ4n) is 4.53. The summed E-state index contributed by atoms with van der Waals surface area (Å²) in [5.41, 5.74) is 1.44. The summed E-state index contributed by atoms with van der Waals surface area (Å²) in [6.45, 7) is 7.08. The van der Waals surface area contributed by atoms with Gasteiger partial charge in [0.1, 0.15) is 11.6 Å². The van der Waals surface area contributed by atoms with E-state index in [1.165, 1.54) is 37.1 Å². The third-order valence-electron chi connectivity index (χ3n) is 6.10. The first kappa shape index (κ1) is 19.9. The van der Waals surface area contributed by atoms with E-state index in [0.717, 1.165) is 63.8 Å². The van der Waals surface area contributed by atoms with Crippen molar-refractivity contribution in [2.45, 2.75) is 64.3 Å². The largest absolute Gasteiger partial charge is 0.357 e. The van der Waals surface area contributed by atoms with Gasteiger partial charge in [0.25, 0.3) is 0 Å². The molecule has 2 aliphatic heterocycles. The van der Waals surface area contributed by atoms with Gasteiger partial charge in [-0.2, -0.15) is 0 Å². The molecule has 1 aromatic carbocycles. The quantitative estimate of drug-likeness (QED) is 0.463. The smallest absolute Gasteiger partial charge is 0.193 e. The maximum Gasteiger partial charge on any atom is 0.193 e. The topological polar surface area (TPSA) is 58.3 Å². The Bertz CT molecular complexity index is 797. The van der Waals surface area contributed by atoms with Gasteiger partial charge in [0.2, 0.25) is 0 Å². The highest BCUT2D eigenvalue weighted by molar-refractivity contribution is 5.80. The van der Waals surface area contributed by atoms with Gasteiger partial charge < -0.3 is 14.8 Å². The fourth-order valence-corrected chi connectivity index (χ4v) is 4.53. The summed E-state index contributed by atoms with van der Waals surface area (Å²) in [4.78, 5) is 7.35. The number of benzene rings is 1. The summed E-state index contributed by atoms with van der Waals surface area (Å²) < 4.78 is 2.35. The van der Waals surface area contributed by atoms with Crippen LogP contribution in [0.25, 0.3) is 0 Å². The number of aliphatic imine (C=N–C) groups is 1. The highest BCUT2D eigenvalue weighted by atomic mass is 15.3. The van der Waals surface area contributed by atoms with Crippen molar-refractivity contribution in [3.05, 3.63) is 47.5 Å². The van der Waals surface area contributed by atoms with E-state index in [1.54, 1.807) is 0 Å². The van der Waals surface area contributed by atoms with Crippen LogP contribution in [0.3, 0.4) is 0 Å². The van der Waals surface area contributed by atoms with Crippen LogP contribution >= 0.6 is 0 Å². The molecule has 4 rings (SSSR count). The summed E-state index contributed by atoms with van der Waals surface area (Å²) in [7, 11) is 0. The minimum absolute atomic E-state index is 0.603. The molecule has 0 aliphatic carbocycles. The van der Waals surface area contributed by atoms with Crippen LogP contribution in [0.1, 0.15) is 62.2 Å². The van der Waals surface area contributed by atoms with Crippen LogP contribution in [0.5, 0.6) is 0 Å². The summed E-state index contributed by atoms with van der Waals surface area (Å²) >= 11 is 0. The average molecular weight is 395 g/mol. The minimum Gasteiger partial charge on any atom is -0.357 e. The lowest BCUT2D eigenvalue weighted by Crippen LogP contribution is -2.40. The zero-order valence-corrected chi connectivity index (χ0v) is 17.7. The predicted octanol–water partition coefficient (Wildman–Crippen LogP) is 3.39. The van der Waals surface area contributed by atoms with E-state index in [1.807, 2.05) is 0 Å². The molecule has 0 bridgehead atoms. The van der Waals surface area contributed by atoms with E-state index < -0.39 is 0 Å². The Balaban J connectivity index is 1.32. The molecule has 2 aliphatic rings. The summed E-state index contributed by atoms with van der Waals surface area (Å²) in [6, 6.07) is 10.9. The predicted molar refractivity (Wildman–Crippen MR) is 117 cm³/mol. The second kappa shape index (κ2) is 9.90. The van der Waals surface area contributed by atoms with E-state index in [0.29, 0.717) is 5.92 Å². The van der Waals surface area contributed by atoms with Crippen LogP contribution in [-0.2, 0) is 19.4 Å². The maximum absolute atomic E-state index is 4.93. The zero-order chi connectivity index (χ0) is 19.9. The van der Waals surface area contributed by atoms with E-state index in [-0.39, 0.29) is 0 Å². The van der Waals surface area contributed by atoms with E-state index in [2.05, 4.69) is 62.2 Å². The molecule has 1 unspecified atom stereocenters. The van der Waals surface area contributed by atoms with Gasteiger partial charge in [-0.1, -0.05) is 36.8 Å². The fraction of sp³-hybridized carbons (Fsp3) is 0.609. The molecule has 1 aromatic heterocycles. The van der Waals surface area contributed by atoms with Crippen LogP contribution in [0.4, 0.5) is 0 Å². The van der Waals surface area contributed by atoms with E-state index >= 15 is 0 Å². The highest BCUT2D eigenvalue weighted by Gasteiger charge is 2.25. The molecule has 0 amide bonds. The number of guanidine groups is 1. The van der Waals surface area contributed by atoms with Gasteiger partial charge in [-0.15, -0.1) is 10.2 Å². The number of nitrogens with zero attached hydrogens (tertiary/aromatic N) is 5. The van der Waals surface area contributed by atoms with Gasteiger partial charge in [0.15, 0.2) is 5.96 Å². The number of nitrogens with one attached hydrogen (secondary N) is 1. The Labute approximate surface area is 174 Å². The van der Waals surface area contributed by atoms with Crippen molar-refractivity contribution < 1.29 is 0 Å². The van der Waals surface area contributed by atoms with Crippen molar-refractivity contribution in [3.63, 3.8) is 0 Å². The Morgan fingerprint density at radius 1 is 1.14 bits per heavy atom. The Morgan fingerprint density at radius 2 is 2.03 bits per heavy atom. The Kier molecular flexibility index (Phi) is 6.80. The molecule has 6 heteroatoms. The summed E-state index contributed by atoms with van der Waals surface area (Å²) in [5.74, 6) is 3.99. The van der Waals surface area contributed by atoms with Gasteiger partial charge in [-0.05, 0) is 38.2 Å². The number of hydrogen-bond acceptors (Lipinski definition) is 3. The molecule has 0 saturated carbocycles. The number of hydrogen-bond donors (Lipinski definition) is 1. The normalized spacial score (nSPS) is 19.8. The SMILES string of the molecule is CCNC(=NCCCc1nnc2n1CCCCC2)N1CCC(c2ccccc2)C1. The molecule has 0 spiro atoms. The van der Waals surface area contributed by atoms with Crippen molar-refractivity contribution in [2.24, 2.45) is 4.99 Å². The van der Waals surface area contributed by atoms with Gasteiger partial charge in [0.05, 0.1) is 0 Å². The van der Waals surface area contributed by atoms with Crippen LogP contribution in [-0.4, -0.2) is 51.8 Å². The lowest BCUT2D eigenvalue weighted by Gasteiger charge is -2.21. The Hall–Kier alpha value is -2.37. The van der Waals surface area contributed by atoms with Crippen molar-refractivity contribution in [1.29, 1.82) is 0 Å². The van der Waals surface area contributed by atoms with Crippen molar-refractivity contribution >= 4 is 5.96 Å². The highest BCUT2D eigenvalue weighted by Crippen LogP contribution is 2.26. The zero-order valence-electron chi connectivity index (χ0n) is 17.7. The molecule has 3 heterocycles. The molecule has 0 radical (unpaired) electrons. The average Bonchev–Trinajstić information content (AvgIpc) is 3.32. The van der Waals surface area contributed by atoms with Gasteiger partial charge in [-0.25, -0.2) is 0 Å². The molecule has 1 N–H and O–H groups in total. The van der Waals surface area contributed by atoms with E-state index in [9.17, 15) is 0 Å². The number of fused-ring (bicyclic) bond motifs is 1. The lowest BCUT2D eigenvalue weighted by molar-refractivity contribution is 0.485. The standard InChI is InChI=1S/C23H34N6/c1-2-24-23(28-17-14-20(18-28)19-10-5-3-6-11-19)25-15-9-13-22-27-26-21-12-7-4-8-16-29(21)22/h3,5-6,10-11,20H,2,4,7-9,12-18H2,1H3,(H,24,25). The number of rotatable bonds is 6. The third-order valence-corrected chi connectivity index (χ3v) is 6.10. The Morgan fingerprint density at radius 3 is 2.90 bits per heavy atom. The second-order valence-corrected chi connectivity index (χ2v) is 8.18. The van der Waals surface area contributed by atoms with Crippen LogP contribution < -0.4 is 5.32 Å². The van der Waals surface area contributed by atoms with Crippen molar-refractivity contribution in [2.75, 3.05) is 26.2 Å². The molecule has 1 atom stereocenters. The van der Waals surface area contributed by atoms with Crippen LogP contribution in [0.2, 0.25) is 0 Å². The molecular formula is C23H34N6. The van der Waals surface area contributed by atoms with Gasteiger partial charge >= 0.3 is 0 Å². The van der Waals surface area contributed by atoms with Gasteiger partial charge in [0, 0.05) is 51.5 Å². The molecule has 6 nitrogen and oxygen atoms in total. The first-order valence-electron chi connectivity index (χ1n) is 11.3. The maximum atomic E-state index is 4.93. The first-order chi connectivity index (χ1) is 14.3. The summed E-state index contributed by atoms with van der Waals surface area (Å²) in [5, 5.41) is 12.4. The number of aromatic nitrogens is 3. The molecule has 29 heavy (non-hydrogen) atoms. The van der Waals surface area contributed by atoms with E-state index in [4.69, 9.17) is 4.99 Å². The molecule has 156 valence electrons.